The van der Waals surface area contributed by atoms with E-state index in [-0.39, 0.29) is 6.04 Å². The summed E-state index contributed by atoms with van der Waals surface area (Å²) in [6, 6.07) is 2.20. The molecule has 62 valence electrons. The molecule has 1 atom stereocenters. The van der Waals surface area contributed by atoms with Gasteiger partial charge in [-0.1, -0.05) is 12.2 Å². The van der Waals surface area contributed by atoms with Crippen molar-refractivity contribution in [2.24, 2.45) is 5.73 Å². The fourth-order valence-electron chi connectivity index (χ4n) is 1.39. The van der Waals surface area contributed by atoms with E-state index in [1.54, 1.807) is 0 Å². The van der Waals surface area contributed by atoms with Crippen LogP contribution in [-0.4, -0.2) is 4.98 Å². The van der Waals surface area contributed by atoms with Crippen LogP contribution in [0.25, 0.3) is 6.08 Å². The normalized spacial score (nSPS) is 16.2. The lowest BCUT2D eigenvalue weighted by Crippen LogP contribution is -2.06. The van der Waals surface area contributed by atoms with Crippen LogP contribution in [0.1, 0.15) is 29.8 Å². The number of allylic oxidation sites excluding steroid dienone is 1. The summed E-state index contributed by atoms with van der Waals surface area (Å²) in [4.78, 5) is 4.34. The summed E-state index contributed by atoms with van der Waals surface area (Å²) in [5.74, 6) is 0. The number of fused-ring (bicyclic) bond motifs is 1. The van der Waals surface area contributed by atoms with Crippen LogP contribution in [0.4, 0.5) is 0 Å². The highest BCUT2D eigenvalue weighted by molar-refractivity contribution is 5.58. The molecule has 0 bridgehead atoms. The highest BCUT2D eigenvalue weighted by atomic mass is 14.7. The van der Waals surface area contributed by atoms with E-state index in [1.807, 2.05) is 13.1 Å². The molecule has 0 radical (unpaired) electrons. The van der Waals surface area contributed by atoms with Gasteiger partial charge in [0.05, 0.1) is 5.69 Å². The lowest BCUT2D eigenvalue weighted by atomic mass is 10.1. The molecule has 0 saturated carbocycles. The number of nitrogens with two attached hydrogens (primary N) is 1. The van der Waals surface area contributed by atoms with Crippen LogP contribution < -0.4 is 5.73 Å². The summed E-state index contributed by atoms with van der Waals surface area (Å²) in [7, 11) is 0. The molecule has 2 heteroatoms. The van der Waals surface area contributed by atoms with Crippen LogP contribution in [0.2, 0.25) is 0 Å². The topological polar surface area (TPSA) is 38.9 Å². The minimum Gasteiger partial charge on any atom is -0.324 e. The summed E-state index contributed by atoms with van der Waals surface area (Å²) in [6.07, 6.45) is 7.07. The second-order valence-electron chi connectivity index (χ2n) is 3.20. The maximum atomic E-state index is 5.74. The lowest BCUT2D eigenvalue weighted by Gasteiger charge is -2.06. The minimum atomic E-state index is 0.0804. The number of hydrogen-bond donors (Lipinski definition) is 1. The summed E-state index contributed by atoms with van der Waals surface area (Å²) in [5, 5.41) is 0. The fraction of sp³-hybridized carbons (Fsp3) is 0.300. The number of rotatable bonds is 1. The Balaban J connectivity index is 2.44. The fourth-order valence-corrected chi connectivity index (χ4v) is 1.39. The van der Waals surface area contributed by atoms with Crippen LogP contribution in [0.15, 0.2) is 18.3 Å². The van der Waals surface area contributed by atoms with Crippen LogP contribution in [0.3, 0.4) is 0 Å². The molecule has 1 aliphatic rings. The van der Waals surface area contributed by atoms with Crippen molar-refractivity contribution in [2.45, 2.75) is 19.4 Å². The predicted molar refractivity (Wildman–Crippen MR) is 49.6 cm³/mol. The SMILES string of the molecule is CC(N)c1cnc2c(c1)C=CC2. The van der Waals surface area contributed by atoms with Gasteiger partial charge in [0.1, 0.15) is 0 Å². The zero-order chi connectivity index (χ0) is 8.55. The van der Waals surface area contributed by atoms with E-state index in [0.717, 1.165) is 12.0 Å². The van der Waals surface area contributed by atoms with E-state index in [2.05, 4.69) is 23.2 Å². The Morgan fingerprint density at radius 2 is 2.42 bits per heavy atom. The standard InChI is InChI=1S/C10H12N2/c1-7(11)9-5-8-3-2-4-10(8)12-6-9/h2-3,5-7H,4,11H2,1H3. The van der Waals surface area contributed by atoms with Crippen molar-refractivity contribution in [3.8, 4) is 0 Å². The first-order chi connectivity index (χ1) is 5.77. The Morgan fingerprint density at radius 3 is 3.17 bits per heavy atom. The van der Waals surface area contributed by atoms with E-state index in [0.29, 0.717) is 0 Å². The highest BCUT2D eigenvalue weighted by Gasteiger charge is 2.08. The third kappa shape index (κ3) is 1.14. The van der Waals surface area contributed by atoms with Gasteiger partial charge < -0.3 is 5.73 Å². The lowest BCUT2D eigenvalue weighted by molar-refractivity contribution is 0.808. The average Bonchev–Trinajstić information content (AvgIpc) is 2.49. The monoisotopic (exact) mass is 160 g/mol. The second-order valence-corrected chi connectivity index (χ2v) is 3.20. The largest absolute Gasteiger partial charge is 0.324 e. The van der Waals surface area contributed by atoms with Gasteiger partial charge in [-0.15, -0.1) is 0 Å². The van der Waals surface area contributed by atoms with Gasteiger partial charge in [0.2, 0.25) is 0 Å². The molecule has 1 aliphatic carbocycles. The molecule has 1 heterocycles. The van der Waals surface area contributed by atoms with E-state index in [1.165, 1.54) is 11.3 Å². The van der Waals surface area contributed by atoms with Gasteiger partial charge in [-0.05, 0) is 24.1 Å². The zero-order valence-corrected chi connectivity index (χ0v) is 7.12. The Hall–Kier alpha value is -1.15. The molecule has 0 fully saturated rings. The minimum absolute atomic E-state index is 0.0804. The molecule has 0 amide bonds. The van der Waals surface area contributed by atoms with Crippen molar-refractivity contribution in [2.75, 3.05) is 0 Å². The summed E-state index contributed by atoms with van der Waals surface area (Å²) in [5.41, 5.74) is 9.25. The van der Waals surface area contributed by atoms with Gasteiger partial charge >= 0.3 is 0 Å². The smallest absolute Gasteiger partial charge is 0.0513 e. The van der Waals surface area contributed by atoms with Gasteiger partial charge in [0.25, 0.3) is 0 Å². The van der Waals surface area contributed by atoms with Crippen LogP contribution in [-0.2, 0) is 6.42 Å². The van der Waals surface area contributed by atoms with Gasteiger partial charge in [0.15, 0.2) is 0 Å². The van der Waals surface area contributed by atoms with E-state index < -0.39 is 0 Å². The van der Waals surface area contributed by atoms with Gasteiger partial charge in [0, 0.05) is 18.7 Å². The molecule has 1 aromatic heterocycles. The van der Waals surface area contributed by atoms with Crippen molar-refractivity contribution in [1.82, 2.24) is 4.98 Å². The summed E-state index contributed by atoms with van der Waals surface area (Å²) >= 11 is 0. The first kappa shape index (κ1) is 7.50. The number of pyridine rings is 1. The molecule has 0 aliphatic heterocycles. The molecule has 1 aromatic rings. The number of aromatic nitrogens is 1. The van der Waals surface area contributed by atoms with E-state index in [9.17, 15) is 0 Å². The van der Waals surface area contributed by atoms with E-state index >= 15 is 0 Å². The summed E-state index contributed by atoms with van der Waals surface area (Å²) < 4.78 is 0. The molecule has 0 spiro atoms. The van der Waals surface area contributed by atoms with Gasteiger partial charge in [-0.25, -0.2) is 0 Å². The molecule has 2 N–H and O–H groups in total. The van der Waals surface area contributed by atoms with Crippen LogP contribution >= 0.6 is 0 Å². The van der Waals surface area contributed by atoms with Crippen molar-refractivity contribution in [3.63, 3.8) is 0 Å². The second kappa shape index (κ2) is 2.72. The third-order valence-corrected chi connectivity index (χ3v) is 2.16. The predicted octanol–water partition coefficient (Wildman–Crippen LogP) is 1.67. The zero-order valence-electron chi connectivity index (χ0n) is 7.12. The molecular formula is C10H12N2. The molecule has 0 saturated heterocycles. The third-order valence-electron chi connectivity index (χ3n) is 2.16. The maximum Gasteiger partial charge on any atom is 0.0513 e. The van der Waals surface area contributed by atoms with Crippen molar-refractivity contribution < 1.29 is 0 Å². The first-order valence-corrected chi connectivity index (χ1v) is 4.18. The van der Waals surface area contributed by atoms with E-state index in [4.69, 9.17) is 5.73 Å². The van der Waals surface area contributed by atoms with Gasteiger partial charge in [-0.2, -0.15) is 0 Å². The Labute approximate surface area is 72.1 Å². The number of nitrogens with zero attached hydrogens (tertiary/aromatic N) is 1. The van der Waals surface area contributed by atoms with Crippen molar-refractivity contribution >= 4 is 6.08 Å². The molecule has 1 unspecified atom stereocenters. The quantitative estimate of drug-likeness (QED) is 0.678. The molecule has 2 nitrogen and oxygen atoms in total. The molecular weight excluding hydrogens is 148 g/mol. The Kier molecular flexibility index (Phi) is 1.70. The Bertz CT molecular complexity index is 327. The van der Waals surface area contributed by atoms with Crippen molar-refractivity contribution in [3.05, 3.63) is 35.2 Å². The first-order valence-electron chi connectivity index (χ1n) is 4.18. The Morgan fingerprint density at radius 1 is 1.58 bits per heavy atom. The highest BCUT2D eigenvalue weighted by Crippen LogP contribution is 2.20. The van der Waals surface area contributed by atoms with Crippen LogP contribution in [0.5, 0.6) is 0 Å². The summed E-state index contributed by atoms with van der Waals surface area (Å²) in [6.45, 7) is 1.97. The molecule has 0 aromatic carbocycles. The average molecular weight is 160 g/mol. The van der Waals surface area contributed by atoms with Crippen molar-refractivity contribution in [1.29, 1.82) is 0 Å². The van der Waals surface area contributed by atoms with Gasteiger partial charge in [-0.3, -0.25) is 4.98 Å². The number of hydrogen-bond acceptors (Lipinski definition) is 2. The van der Waals surface area contributed by atoms with Crippen LogP contribution in [0, 0.1) is 0 Å². The maximum absolute atomic E-state index is 5.74. The molecule has 2 rings (SSSR count). The molecule has 12 heavy (non-hydrogen) atoms.